The minimum Gasteiger partial charge on any atom is -0.369 e. The second-order valence-electron chi connectivity index (χ2n) is 4.78. The van der Waals surface area contributed by atoms with E-state index in [-0.39, 0.29) is 0 Å². The molecule has 0 spiro atoms. The number of nitrogens with one attached hydrogen (secondary N) is 1. The molecule has 2 aromatic rings. The van der Waals surface area contributed by atoms with E-state index in [0.717, 1.165) is 43.6 Å². The smallest absolute Gasteiger partial charge is 0.120 e. The van der Waals surface area contributed by atoms with Crippen molar-refractivity contribution in [3.63, 3.8) is 0 Å². The van der Waals surface area contributed by atoms with Gasteiger partial charge in [-0.3, -0.25) is 4.90 Å². The molecule has 0 unspecified atom stereocenters. The molecule has 1 aliphatic heterocycles. The van der Waals surface area contributed by atoms with Gasteiger partial charge in [0.05, 0.1) is 6.54 Å². The highest BCUT2D eigenvalue weighted by molar-refractivity contribution is 6.30. The summed E-state index contributed by atoms with van der Waals surface area (Å²) in [5.74, 6) is 1.04. The maximum absolute atomic E-state index is 6.04. The number of hydrogen-bond donors (Lipinski definition) is 1. The molecule has 4 nitrogen and oxygen atoms in total. The van der Waals surface area contributed by atoms with Crippen molar-refractivity contribution in [1.82, 2.24) is 14.9 Å². The van der Waals surface area contributed by atoms with E-state index in [4.69, 9.17) is 11.6 Å². The van der Waals surface area contributed by atoms with Crippen molar-refractivity contribution in [2.75, 3.05) is 31.1 Å². The van der Waals surface area contributed by atoms with E-state index in [1.165, 1.54) is 5.69 Å². The summed E-state index contributed by atoms with van der Waals surface area (Å²) in [5.41, 5.74) is 1.21. The summed E-state index contributed by atoms with van der Waals surface area (Å²) in [6.07, 6.45) is 3.68. The Morgan fingerprint density at radius 1 is 1.21 bits per heavy atom. The fraction of sp³-hybridized carbons (Fsp3) is 0.357. The van der Waals surface area contributed by atoms with Crippen LogP contribution in [0.25, 0.3) is 0 Å². The van der Waals surface area contributed by atoms with E-state index in [2.05, 4.69) is 25.8 Å². The third-order valence-corrected chi connectivity index (χ3v) is 3.71. The zero-order valence-corrected chi connectivity index (χ0v) is 11.5. The van der Waals surface area contributed by atoms with Gasteiger partial charge in [0.1, 0.15) is 5.82 Å². The molecule has 1 saturated heterocycles. The molecule has 3 rings (SSSR count). The molecule has 1 N–H and O–H groups in total. The Labute approximate surface area is 118 Å². The quantitative estimate of drug-likeness (QED) is 0.935. The lowest BCUT2D eigenvalue weighted by molar-refractivity contribution is 0.244. The van der Waals surface area contributed by atoms with Crippen LogP contribution in [0.15, 0.2) is 36.7 Å². The molecular weight excluding hydrogens is 260 g/mol. The number of hydrogen-bond acceptors (Lipinski definition) is 3. The number of halogens is 1. The number of rotatable bonds is 3. The summed E-state index contributed by atoms with van der Waals surface area (Å²) >= 11 is 6.04. The number of aromatic nitrogens is 2. The average Bonchev–Trinajstić information content (AvgIpc) is 2.92. The summed E-state index contributed by atoms with van der Waals surface area (Å²) in [6.45, 7) is 5.05. The molecule has 1 aromatic heterocycles. The Morgan fingerprint density at radius 3 is 2.74 bits per heavy atom. The number of nitrogens with zero attached hydrogens (tertiary/aromatic N) is 3. The Balaban J connectivity index is 1.57. The summed E-state index contributed by atoms with van der Waals surface area (Å²) in [6, 6.07) is 8.07. The van der Waals surface area contributed by atoms with Crippen LogP contribution in [-0.4, -0.2) is 41.0 Å². The fourth-order valence-corrected chi connectivity index (χ4v) is 2.62. The second kappa shape index (κ2) is 5.63. The zero-order chi connectivity index (χ0) is 13.1. The molecule has 19 heavy (non-hydrogen) atoms. The molecule has 0 bridgehead atoms. The lowest BCUT2D eigenvalue weighted by Gasteiger charge is -2.35. The van der Waals surface area contributed by atoms with Gasteiger partial charge in [-0.1, -0.05) is 17.7 Å². The summed E-state index contributed by atoms with van der Waals surface area (Å²) in [4.78, 5) is 12.2. The summed E-state index contributed by atoms with van der Waals surface area (Å²) in [7, 11) is 0. The van der Waals surface area contributed by atoms with Crippen LogP contribution in [0.1, 0.15) is 5.82 Å². The van der Waals surface area contributed by atoms with Gasteiger partial charge in [-0.05, 0) is 18.2 Å². The Morgan fingerprint density at radius 2 is 2.05 bits per heavy atom. The Kier molecular flexibility index (Phi) is 3.71. The zero-order valence-electron chi connectivity index (χ0n) is 10.7. The van der Waals surface area contributed by atoms with Crippen LogP contribution in [0.4, 0.5) is 5.69 Å². The Hall–Kier alpha value is -1.52. The van der Waals surface area contributed by atoms with Gasteiger partial charge in [-0.25, -0.2) is 4.98 Å². The van der Waals surface area contributed by atoms with Crippen LogP contribution >= 0.6 is 11.6 Å². The van der Waals surface area contributed by atoms with Gasteiger partial charge in [0, 0.05) is 49.3 Å². The van der Waals surface area contributed by atoms with Crippen LogP contribution < -0.4 is 4.90 Å². The van der Waals surface area contributed by atoms with Crippen molar-refractivity contribution in [3.8, 4) is 0 Å². The number of aromatic amines is 1. The first-order valence-electron chi connectivity index (χ1n) is 6.52. The van der Waals surface area contributed by atoms with Crippen molar-refractivity contribution >= 4 is 17.3 Å². The van der Waals surface area contributed by atoms with Gasteiger partial charge in [0.25, 0.3) is 0 Å². The summed E-state index contributed by atoms with van der Waals surface area (Å²) in [5, 5.41) is 0.801. The topological polar surface area (TPSA) is 35.2 Å². The molecule has 0 atom stereocenters. The van der Waals surface area contributed by atoms with Gasteiger partial charge >= 0.3 is 0 Å². The fourth-order valence-electron chi connectivity index (χ4n) is 2.43. The van der Waals surface area contributed by atoms with Gasteiger partial charge in [0.2, 0.25) is 0 Å². The number of anilines is 1. The van der Waals surface area contributed by atoms with Crippen molar-refractivity contribution in [2.45, 2.75) is 6.54 Å². The van der Waals surface area contributed by atoms with Crippen LogP contribution in [-0.2, 0) is 6.54 Å². The first kappa shape index (κ1) is 12.5. The molecule has 1 fully saturated rings. The van der Waals surface area contributed by atoms with Crippen molar-refractivity contribution < 1.29 is 0 Å². The Bertz CT molecular complexity index is 518. The lowest BCUT2D eigenvalue weighted by Crippen LogP contribution is -2.46. The molecule has 100 valence electrons. The number of H-pyrrole nitrogens is 1. The van der Waals surface area contributed by atoms with Crippen molar-refractivity contribution in [3.05, 3.63) is 47.5 Å². The largest absolute Gasteiger partial charge is 0.369 e. The lowest BCUT2D eigenvalue weighted by atomic mass is 10.2. The van der Waals surface area contributed by atoms with E-state index in [1.54, 1.807) is 6.20 Å². The number of imidazole rings is 1. The first-order chi connectivity index (χ1) is 9.31. The molecule has 2 heterocycles. The standard InChI is InChI=1S/C14H17ClN4/c15-12-2-1-3-13(10-12)19-8-6-18(7-9-19)11-14-16-4-5-17-14/h1-5,10H,6-9,11H2,(H,16,17). The van der Waals surface area contributed by atoms with E-state index in [1.807, 2.05) is 24.4 Å². The van der Waals surface area contributed by atoms with Crippen LogP contribution in [0, 0.1) is 0 Å². The molecule has 0 aliphatic carbocycles. The predicted octanol–water partition coefficient (Wildman–Crippen LogP) is 2.39. The molecule has 1 aromatic carbocycles. The highest BCUT2D eigenvalue weighted by Gasteiger charge is 2.17. The van der Waals surface area contributed by atoms with Gasteiger partial charge in [-0.2, -0.15) is 0 Å². The van der Waals surface area contributed by atoms with Crippen molar-refractivity contribution in [2.24, 2.45) is 0 Å². The van der Waals surface area contributed by atoms with Crippen molar-refractivity contribution in [1.29, 1.82) is 0 Å². The molecular formula is C14H17ClN4. The minimum absolute atomic E-state index is 0.801. The highest BCUT2D eigenvalue weighted by atomic mass is 35.5. The van der Waals surface area contributed by atoms with E-state index in [0.29, 0.717) is 0 Å². The normalized spacial score (nSPS) is 16.8. The second-order valence-corrected chi connectivity index (χ2v) is 5.22. The van der Waals surface area contributed by atoms with E-state index in [9.17, 15) is 0 Å². The SMILES string of the molecule is Clc1cccc(N2CCN(Cc3ncc[nH]3)CC2)c1. The first-order valence-corrected chi connectivity index (χ1v) is 6.90. The molecule has 0 saturated carbocycles. The van der Waals surface area contributed by atoms with Gasteiger partial charge < -0.3 is 9.88 Å². The highest BCUT2D eigenvalue weighted by Crippen LogP contribution is 2.20. The molecule has 1 aliphatic rings. The van der Waals surface area contributed by atoms with Gasteiger partial charge in [-0.15, -0.1) is 0 Å². The number of benzene rings is 1. The van der Waals surface area contributed by atoms with Gasteiger partial charge in [0.15, 0.2) is 0 Å². The average molecular weight is 277 g/mol. The van der Waals surface area contributed by atoms with Crippen LogP contribution in [0.2, 0.25) is 5.02 Å². The monoisotopic (exact) mass is 276 g/mol. The van der Waals surface area contributed by atoms with E-state index >= 15 is 0 Å². The predicted molar refractivity (Wildman–Crippen MR) is 77.5 cm³/mol. The molecule has 5 heteroatoms. The third kappa shape index (κ3) is 3.08. The maximum Gasteiger partial charge on any atom is 0.120 e. The molecule has 0 amide bonds. The minimum atomic E-state index is 0.801. The maximum atomic E-state index is 6.04. The number of piperazine rings is 1. The third-order valence-electron chi connectivity index (χ3n) is 3.47. The molecule has 0 radical (unpaired) electrons. The van der Waals surface area contributed by atoms with E-state index < -0.39 is 0 Å². The van der Waals surface area contributed by atoms with Crippen LogP contribution in [0.5, 0.6) is 0 Å². The summed E-state index contributed by atoms with van der Waals surface area (Å²) < 4.78 is 0. The van der Waals surface area contributed by atoms with Crippen LogP contribution in [0.3, 0.4) is 0 Å².